The van der Waals surface area contributed by atoms with Crippen molar-refractivity contribution < 1.29 is 14.0 Å². The number of carbonyl (C=O) groups excluding carboxylic acids is 2. The molecule has 0 bridgehead atoms. The number of para-hydroxylation sites is 2. The summed E-state index contributed by atoms with van der Waals surface area (Å²) in [6.07, 6.45) is 0. The van der Waals surface area contributed by atoms with Crippen LogP contribution in [0.4, 0.5) is 5.69 Å². The van der Waals surface area contributed by atoms with E-state index < -0.39 is 11.8 Å². The van der Waals surface area contributed by atoms with Crippen LogP contribution in [0.1, 0.15) is 18.5 Å². The Kier molecular flexibility index (Phi) is 4.50. The second kappa shape index (κ2) is 6.99. The molecule has 2 heterocycles. The maximum atomic E-state index is 13.0. The van der Waals surface area contributed by atoms with Crippen molar-refractivity contribution in [2.45, 2.75) is 19.9 Å². The highest BCUT2D eigenvalue weighted by Gasteiger charge is 2.32. The van der Waals surface area contributed by atoms with Crippen LogP contribution in [-0.4, -0.2) is 40.9 Å². The number of hydrogen-bond donors (Lipinski definition) is 0. The number of benzene rings is 2. The minimum Gasteiger partial charge on any atom is -0.408 e. The van der Waals surface area contributed by atoms with Crippen LogP contribution in [0.2, 0.25) is 0 Å². The third-order valence-electron chi connectivity index (χ3n) is 5.14. The molecule has 2 aromatic carbocycles. The van der Waals surface area contributed by atoms with E-state index >= 15 is 0 Å². The number of aryl methyl sites for hydroxylation is 1. The van der Waals surface area contributed by atoms with E-state index in [1.165, 1.54) is 9.47 Å². The Hall–Kier alpha value is -3.35. The summed E-state index contributed by atoms with van der Waals surface area (Å²) >= 11 is 0. The highest BCUT2D eigenvalue weighted by Crippen LogP contribution is 2.21. The molecular formula is C21H21N3O4. The van der Waals surface area contributed by atoms with Crippen LogP contribution in [0, 0.1) is 6.92 Å². The van der Waals surface area contributed by atoms with Gasteiger partial charge in [0.2, 0.25) is 11.8 Å². The number of rotatable bonds is 3. The van der Waals surface area contributed by atoms with Crippen molar-refractivity contribution in [1.82, 2.24) is 9.47 Å². The molecule has 1 aromatic heterocycles. The molecule has 7 heteroatoms. The van der Waals surface area contributed by atoms with E-state index in [1.807, 2.05) is 31.2 Å². The molecule has 1 atom stereocenters. The van der Waals surface area contributed by atoms with Gasteiger partial charge in [-0.3, -0.25) is 14.2 Å². The number of piperazine rings is 1. The fourth-order valence-electron chi connectivity index (χ4n) is 3.58. The summed E-state index contributed by atoms with van der Waals surface area (Å²) in [5, 5.41) is 0. The lowest BCUT2D eigenvalue weighted by Crippen LogP contribution is -2.54. The standard InChI is InChI=1S/C21H21N3O4/c1-14-7-9-16(10-8-14)23-12-11-22(13-19(23)25)20(26)15(2)24-17-5-3-4-6-18(17)28-21(24)27/h3-10,15H,11-13H2,1-2H3. The van der Waals surface area contributed by atoms with E-state index in [-0.39, 0.29) is 18.4 Å². The average molecular weight is 379 g/mol. The Bertz CT molecular complexity index is 1100. The molecule has 7 nitrogen and oxygen atoms in total. The molecule has 144 valence electrons. The molecular weight excluding hydrogens is 358 g/mol. The monoisotopic (exact) mass is 379 g/mol. The number of nitrogens with zero attached hydrogens (tertiary/aromatic N) is 3. The predicted octanol–water partition coefficient (Wildman–Crippen LogP) is 2.34. The summed E-state index contributed by atoms with van der Waals surface area (Å²) in [7, 11) is 0. The van der Waals surface area contributed by atoms with Crippen LogP contribution in [0.25, 0.3) is 11.1 Å². The fourth-order valence-corrected chi connectivity index (χ4v) is 3.58. The summed E-state index contributed by atoms with van der Waals surface area (Å²) < 4.78 is 6.57. The second-order valence-electron chi connectivity index (χ2n) is 7.02. The summed E-state index contributed by atoms with van der Waals surface area (Å²) in [5.41, 5.74) is 2.95. The zero-order valence-electron chi connectivity index (χ0n) is 15.8. The molecule has 0 radical (unpaired) electrons. The number of hydrogen-bond acceptors (Lipinski definition) is 4. The number of amides is 2. The number of anilines is 1. The minimum absolute atomic E-state index is 0.0123. The lowest BCUT2D eigenvalue weighted by atomic mass is 10.1. The van der Waals surface area contributed by atoms with Gasteiger partial charge in [-0.1, -0.05) is 29.8 Å². The van der Waals surface area contributed by atoms with Crippen LogP contribution in [0.5, 0.6) is 0 Å². The fraction of sp³-hybridized carbons (Fsp3) is 0.286. The predicted molar refractivity (Wildman–Crippen MR) is 105 cm³/mol. The largest absolute Gasteiger partial charge is 0.420 e. The van der Waals surface area contributed by atoms with E-state index in [1.54, 1.807) is 36.1 Å². The maximum absolute atomic E-state index is 13.0. The van der Waals surface area contributed by atoms with Crippen LogP contribution in [0.3, 0.4) is 0 Å². The van der Waals surface area contributed by atoms with Gasteiger partial charge in [-0.2, -0.15) is 0 Å². The molecule has 0 N–H and O–H groups in total. The van der Waals surface area contributed by atoms with Gasteiger partial charge in [-0.05, 0) is 38.1 Å². The van der Waals surface area contributed by atoms with Crippen LogP contribution in [-0.2, 0) is 9.59 Å². The molecule has 1 aliphatic rings. The van der Waals surface area contributed by atoms with Crippen molar-refractivity contribution in [3.63, 3.8) is 0 Å². The number of oxazole rings is 1. The highest BCUT2D eigenvalue weighted by molar-refractivity contribution is 5.98. The van der Waals surface area contributed by atoms with Gasteiger partial charge in [0.15, 0.2) is 5.58 Å². The van der Waals surface area contributed by atoms with E-state index in [0.717, 1.165) is 11.3 Å². The molecule has 3 aromatic rings. The van der Waals surface area contributed by atoms with Gasteiger partial charge >= 0.3 is 5.76 Å². The molecule has 1 unspecified atom stereocenters. The first-order valence-corrected chi connectivity index (χ1v) is 9.21. The molecule has 28 heavy (non-hydrogen) atoms. The molecule has 1 aliphatic heterocycles. The number of aromatic nitrogens is 1. The zero-order chi connectivity index (χ0) is 19.8. The van der Waals surface area contributed by atoms with E-state index in [9.17, 15) is 14.4 Å². The summed E-state index contributed by atoms with van der Waals surface area (Å²) in [4.78, 5) is 41.0. The Morgan fingerprint density at radius 1 is 1.04 bits per heavy atom. The van der Waals surface area contributed by atoms with E-state index in [0.29, 0.717) is 24.2 Å². The Labute approximate surface area is 161 Å². The average Bonchev–Trinajstić information content (AvgIpc) is 3.03. The summed E-state index contributed by atoms with van der Waals surface area (Å²) in [6.45, 7) is 4.46. The SMILES string of the molecule is Cc1ccc(N2CCN(C(=O)C(C)n3c(=O)oc4ccccc43)CC2=O)cc1. The molecule has 4 rings (SSSR count). The van der Waals surface area contributed by atoms with Crippen LogP contribution in [0.15, 0.2) is 57.7 Å². The normalized spacial score (nSPS) is 15.9. The van der Waals surface area contributed by atoms with Gasteiger partial charge in [-0.15, -0.1) is 0 Å². The highest BCUT2D eigenvalue weighted by atomic mass is 16.4. The molecule has 1 fully saturated rings. The van der Waals surface area contributed by atoms with Gasteiger partial charge in [0.05, 0.1) is 5.52 Å². The van der Waals surface area contributed by atoms with Crippen molar-refractivity contribution in [2.75, 3.05) is 24.5 Å². The van der Waals surface area contributed by atoms with Crippen molar-refractivity contribution in [1.29, 1.82) is 0 Å². The minimum atomic E-state index is -0.755. The van der Waals surface area contributed by atoms with Gasteiger partial charge in [-0.25, -0.2) is 4.79 Å². The van der Waals surface area contributed by atoms with Crippen molar-refractivity contribution in [3.05, 3.63) is 64.6 Å². The smallest absolute Gasteiger partial charge is 0.408 e. The summed E-state index contributed by atoms with van der Waals surface area (Å²) in [5.74, 6) is -0.989. The van der Waals surface area contributed by atoms with Crippen molar-refractivity contribution in [2.24, 2.45) is 0 Å². The first-order valence-electron chi connectivity index (χ1n) is 9.21. The van der Waals surface area contributed by atoms with Gasteiger partial charge in [0, 0.05) is 18.8 Å². The third-order valence-corrected chi connectivity index (χ3v) is 5.14. The van der Waals surface area contributed by atoms with Gasteiger partial charge < -0.3 is 14.2 Å². The lowest BCUT2D eigenvalue weighted by molar-refractivity contribution is -0.139. The van der Waals surface area contributed by atoms with Gasteiger partial charge in [0.25, 0.3) is 0 Å². The Balaban J connectivity index is 1.53. The number of fused-ring (bicyclic) bond motifs is 1. The summed E-state index contributed by atoms with van der Waals surface area (Å²) in [6, 6.07) is 14.0. The Morgan fingerprint density at radius 3 is 2.46 bits per heavy atom. The first kappa shape index (κ1) is 18.0. The topological polar surface area (TPSA) is 75.8 Å². The zero-order valence-corrected chi connectivity index (χ0v) is 15.8. The van der Waals surface area contributed by atoms with Crippen LogP contribution < -0.4 is 10.7 Å². The number of carbonyl (C=O) groups is 2. The van der Waals surface area contributed by atoms with Gasteiger partial charge in [0.1, 0.15) is 12.6 Å². The van der Waals surface area contributed by atoms with E-state index in [2.05, 4.69) is 0 Å². The molecule has 0 spiro atoms. The van der Waals surface area contributed by atoms with Crippen molar-refractivity contribution in [3.8, 4) is 0 Å². The van der Waals surface area contributed by atoms with Crippen LogP contribution >= 0.6 is 0 Å². The molecule has 0 saturated carbocycles. The lowest BCUT2D eigenvalue weighted by Gasteiger charge is -2.35. The van der Waals surface area contributed by atoms with Crippen molar-refractivity contribution >= 4 is 28.6 Å². The Morgan fingerprint density at radius 2 is 1.75 bits per heavy atom. The third kappa shape index (κ3) is 3.09. The molecule has 1 saturated heterocycles. The second-order valence-corrected chi connectivity index (χ2v) is 7.02. The first-order chi connectivity index (χ1) is 13.5. The maximum Gasteiger partial charge on any atom is 0.420 e. The van der Waals surface area contributed by atoms with E-state index in [4.69, 9.17) is 4.42 Å². The molecule has 0 aliphatic carbocycles. The molecule has 2 amide bonds. The quantitative estimate of drug-likeness (QED) is 0.700.